The number of rotatable bonds is 2. The summed E-state index contributed by atoms with van der Waals surface area (Å²) in [6.07, 6.45) is 17.3. The predicted molar refractivity (Wildman–Crippen MR) is 80.9 cm³/mol. The summed E-state index contributed by atoms with van der Waals surface area (Å²) in [5.74, 6) is 8.11. The smallest absolute Gasteiger partial charge is 0.0321 e. The third-order valence-electron chi connectivity index (χ3n) is 7.67. The molecular weight excluding hydrogens is 228 g/mol. The van der Waals surface area contributed by atoms with E-state index in [0.29, 0.717) is 0 Å². The molecule has 7 unspecified atom stereocenters. The molecule has 0 heterocycles. The first-order valence-corrected chi connectivity index (χ1v) is 9.38. The summed E-state index contributed by atoms with van der Waals surface area (Å²) in [5, 5.41) is 0. The Hall–Kier alpha value is 0. The molecule has 4 saturated carbocycles. The minimum Gasteiger partial charge on any atom is -0.0654 e. The lowest BCUT2D eigenvalue weighted by Gasteiger charge is -2.59. The van der Waals surface area contributed by atoms with Crippen LogP contribution < -0.4 is 0 Å². The molecule has 0 aromatic carbocycles. The predicted octanol–water partition coefficient (Wildman–Crippen LogP) is 5.67. The van der Waals surface area contributed by atoms with Crippen LogP contribution in [-0.4, -0.2) is 0 Å². The Kier molecular flexibility index (Phi) is 3.40. The van der Waals surface area contributed by atoms with Crippen molar-refractivity contribution in [2.75, 3.05) is 0 Å². The zero-order valence-electron chi connectivity index (χ0n) is 12.8. The molecule has 4 fully saturated rings. The van der Waals surface area contributed by atoms with Crippen LogP contribution in [-0.2, 0) is 0 Å². The van der Waals surface area contributed by atoms with Gasteiger partial charge in [0.2, 0.25) is 0 Å². The van der Waals surface area contributed by atoms with Gasteiger partial charge in [-0.15, -0.1) is 0 Å². The van der Waals surface area contributed by atoms with E-state index >= 15 is 0 Å². The van der Waals surface area contributed by atoms with Gasteiger partial charge in [-0.25, -0.2) is 0 Å². The Morgan fingerprint density at radius 3 is 2.05 bits per heavy atom. The largest absolute Gasteiger partial charge is 0.0654 e. The summed E-state index contributed by atoms with van der Waals surface area (Å²) < 4.78 is 0. The van der Waals surface area contributed by atoms with Gasteiger partial charge in [-0.05, 0) is 80.0 Å². The Balaban J connectivity index is 1.61. The summed E-state index contributed by atoms with van der Waals surface area (Å²) in [6, 6.07) is 0. The van der Waals surface area contributed by atoms with Crippen molar-refractivity contribution in [2.24, 2.45) is 41.4 Å². The first-order valence-electron chi connectivity index (χ1n) is 9.38. The molecule has 0 nitrogen and oxygen atoms in total. The second kappa shape index (κ2) is 5.08. The van der Waals surface area contributed by atoms with Crippen LogP contribution >= 0.6 is 0 Å². The molecule has 0 N–H and O–H groups in total. The fraction of sp³-hybridized carbons (Fsp3) is 1.00. The first-order chi connectivity index (χ1) is 9.38. The van der Waals surface area contributed by atoms with Crippen LogP contribution in [0.3, 0.4) is 0 Å². The molecule has 7 atom stereocenters. The number of hydrogen-bond acceptors (Lipinski definition) is 0. The summed E-state index contributed by atoms with van der Waals surface area (Å²) in [6.45, 7) is 2.40. The van der Waals surface area contributed by atoms with Crippen molar-refractivity contribution in [1.82, 2.24) is 0 Å². The van der Waals surface area contributed by atoms with Gasteiger partial charge in [-0.3, -0.25) is 0 Å². The molecule has 0 aromatic heterocycles. The highest BCUT2D eigenvalue weighted by molar-refractivity contribution is 5.02. The third-order valence-corrected chi connectivity index (χ3v) is 7.67. The van der Waals surface area contributed by atoms with E-state index in [9.17, 15) is 0 Å². The summed E-state index contributed by atoms with van der Waals surface area (Å²) in [7, 11) is 0. The van der Waals surface area contributed by atoms with Crippen molar-refractivity contribution in [1.29, 1.82) is 0 Å². The minimum atomic E-state index is 1.12. The van der Waals surface area contributed by atoms with Gasteiger partial charge >= 0.3 is 0 Å². The van der Waals surface area contributed by atoms with Gasteiger partial charge < -0.3 is 0 Å². The Morgan fingerprint density at radius 1 is 0.684 bits per heavy atom. The lowest BCUT2D eigenvalue weighted by atomic mass is 9.46. The third kappa shape index (κ3) is 2.00. The van der Waals surface area contributed by atoms with Crippen molar-refractivity contribution in [3.05, 3.63) is 0 Å². The minimum absolute atomic E-state index is 1.12. The molecule has 19 heavy (non-hydrogen) atoms. The Morgan fingerprint density at radius 2 is 1.32 bits per heavy atom. The second-order valence-corrected chi connectivity index (χ2v) is 8.31. The molecule has 0 aromatic rings. The molecule has 0 amide bonds. The van der Waals surface area contributed by atoms with Crippen LogP contribution in [0, 0.1) is 41.4 Å². The van der Waals surface area contributed by atoms with Gasteiger partial charge in [0.1, 0.15) is 0 Å². The lowest BCUT2D eigenvalue weighted by Crippen LogP contribution is -2.51. The molecular formula is C19H32. The lowest BCUT2D eigenvalue weighted by molar-refractivity contribution is -0.0976. The van der Waals surface area contributed by atoms with Crippen molar-refractivity contribution in [2.45, 2.75) is 77.6 Å². The number of hydrogen-bond donors (Lipinski definition) is 0. The van der Waals surface area contributed by atoms with Gasteiger partial charge in [0.15, 0.2) is 0 Å². The molecule has 0 heteroatoms. The van der Waals surface area contributed by atoms with Gasteiger partial charge in [-0.2, -0.15) is 0 Å². The van der Waals surface area contributed by atoms with E-state index in [0.717, 1.165) is 29.6 Å². The zero-order chi connectivity index (χ0) is 12.8. The highest BCUT2D eigenvalue weighted by Crippen LogP contribution is 2.61. The van der Waals surface area contributed by atoms with Crippen LogP contribution in [0.2, 0.25) is 0 Å². The van der Waals surface area contributed by atoms with E-state index < -0.39 is 0 Å². The van der Waals surface area contributed by atoms with Crippen molar-refractivity contribution >= 4 is 0 Å². The molecule has 0 spiro atoms. The van der Waals surface area contributed by atoms with Gasteiger partial charge in [-0.1, -0.05) is 39.0 Å². The fourth-order valence-electron chi connectivity index (χ4n) is 7.14. The first kappa shape index (κ1) is 12.7. The topological polar surface area (TPSA) is 0 Å². The standard InChI is InChI=1S/C19H32/c1-2-4-13-7-8-16-10-9-14-5-3-6-15-11-12-17(13)19(16)18(14)15/h13-19H,2-12H2,1H3. The van der Waals surface area contributed by atoms with Crippen LogP contribution in [0.5, 0.6) is 0 Å². The normalized spacial score (nSPS) is 52.6. The van der Waals surface area contributed by atoms with Gasteiger partial charge in [0, 0.05) is 0 Å². The molecule has 0 bridgehead atoms. The van der Waals surface area contributed by atoms with E-state index in [1.807, 2.05) is 0 Å². The highest BCUT2D eigenvalue weighted by atomic mass is 14.6. The zero-order valence-corrected chi connectivity index (χ0v) is 12.8. The van der Waals surface area contributed by atoms with Crippen LogP contribution in [0.25, 0.3) is 0 Å². The molecule has 0 aliphatic heterocycles. The monoisotopic (exact) mass is 260 g/mol. The quantitative estimate of drug-likeness (QED) is 0.600. The Labute approximate surface area is 119 Å². The van der Waals surface area contributed by atoms with Crippen LogP contribution in [0.15, 0.2) is 0 Å². The van der Waals surface area contributed by atoms with E-state index in [2.05, 4.69) is 6.92 Å². The van der Waals surface area contributed by atoms with Crippen LogP contribution in [0.4, 0.5) is 0 Å². The van der Waals surface area contributed by atoms with Crippen molar-refractivity contribution in [3.8, 4) is 0 Å². The van der Waals surface area contributed by atoms with Crippen LogP contribution in [0.1, 0.15) is 77.6 Å². The van der Waals surface area contributed by atoms with Crippen molar-refractivity contribution < 1.29 is 0 Å². The maximum absolute atomic E-state index is 2.40. The van der Waals surface area contributed by atoms with E-state index in [1.54, 1.807) is 57.8 Å². The molecule has 0 saturated heterocycles. The molecule has 4 aliphatic rings. The molecule has 0 radical (unpaired) electrons. The van der Waals surface area contributed by atoms with Gasteiger partial charge in [0.05, 0.1) is 0 Å². The summed E-state index contributed by atoms with van der Waals surface area (Å²) in [4.78, 5) is 0. The van der Waals surface area contributed by atoms with Crippen molar-refractivity contribution in [3.63, 3.8) is 0 Å². The van der Waals surface area contributed by atoms with E-state index in [-0.39, 0.29) is 0 Å². The second-order valence-electron chi connectivity index (χ2n) is 8.31. The Bertz CT molecular complexity index is 314. The molecule has 4 aliphatic carbocycles. The average molecular weight is 260 g/mol. The molecule has 4 rings (SSSR count). The summed E-state index contributed by atoms with van der Waals surface area (Å²) >= 11 is 0. The maximum atomic E-state index is 2.40. The molecule has 108 valence electrons. The average Bonchev–Trinajstić information content (AvgIpc) is 2.46. The van der Waals surface area contributed by atoms with Gasteiger partial charge in [0.25, 0.3) is 0 Å². The SMILES string of the molecule is CCCC1CCC2CCC3CCCC4CCC1C2C34. The van der Waals surface area contributed by atoms with E-state index in [1.165, 1.54) is 24.7 Å². The maximum Gasteiger partial charge on any atom is -0.0321 e. The fourth-order valence-corrected chi connectivity index (χ4v) is 7.14. The summed E-state index contributed by atoms with van der Waals surface area (Å²) in [5.41, 5.74) is 0. The highest BCUT2D eigenvalue weighted by Gasteiger charge is 2.52. The van der Waals surface area contributed by atoms with E-state index in [4.69, 9.17) is 0 Å².